The Hall–Kier alpha value is -3.19. The van der Waals surface area contributed by atoms with E-state index in [4.69, 9.17) is 27.1 Å². The highest BCUT2D eigenvalue weighted by molar-refractivity contribution is 6.06. The van der Waals surface area contributed by atoms with Gasteiger partial charge in [0.25, 0.3) is 0 Å². The summed E-state index contributed by atoms with van der Waals surface area (Å²) in [5.74, 6) is 2.77. The normalized spacial score (nSPS) is 20.4. The second-order valence-electron chi connectivity index (χ2n) is 6.55. The van der Waals surface area contributed by atoms with Crippen molar-refractivity contribution >= 4 is 18.0 Å². The molecule has 0 saturated carbocycles. The molecule has 0 aromatic rings. The zero-order valence-corrected chi connectivity index (χ0v) is 14.8. The monoisotopic (exact) mass is 357 g/mol. The maximum absolute atomic E-state index is 12.6. The fraction of sp³-hybridized carbons (Fsp3) is 0.421. The summed E-state index contributed by atoms with van der Waals surface area (Å²) in [6.45, 7) is 4.63. The van der Waals surface area contributed by atoms with Gasteiger partial charge >= 0.3 is 18.0 Å². The lowest BCUT2D eigenvalue weighted by Crippen LogP contribution is -2.42. The maximum Gasteiger partial charge on any atom is 0.411 e. The molecule has 0 aromatic heterocycles. The Morgan fingerprint density at radius 2 is 1.42 bits per heavy atom. The fourth-order valence-corrected chi connectivity index (χ4v) is 2.73. The molecule has 2 aliphatic heterocycles. The Kier molecular flexibility index (Phi) is 5.42. The van der Waals surface area contributed by atoms with Crippen LogP contribution in [0, 0.1) is 24.7 Å². The number of fused-ring (bicyclic) bond motifs is 2. The highest BCUT2D eigenvalue weighted by atomic mass is 16.6. The lowest BCUT2D eigenvalue weighted by molar-refractivity contribution is -0.140. The molecule has 136 valence electrons. The van der Waals surface area contributed by atoms with E-state index in [9.17, 15) is 14.4 Å². The summed E-state index contributed by atoms with van der Waals surface area (Å²) in [6.07, 6.45) is 12.8. The van der Waals surface area contributed by atoms with Crippen LogP contribution >= 0.6 is 0 Å². The summed E-state index contributed by atoms with van der Waals surface area (Å²) in [5, 5.41) is 0. The van der Waals surface area contributed by atoms with Crippen molar-refractivity contribution < 1.29 is 28.6 Å². The molecule has 1 amide bonds. The molecular formula is C19H19NO6. The van der Waals surface area contributed by atoms with Crippen LogP contribution < -0.4 is 0 Å². The van der Waals surface area contributed by atoms with Crippen molar-refractivity contribution in [3.8, 4) is 24.7 Å². The molecular weight excluding hydrogens is 338 g/mol. The Morgan fingerprint density at radius 3 is 1.77 bits per heavy atom. The molecule has 7 nitrogen and oxygen atoms in total. The third-order valence-corrected chi connectivity index (χ3v) is 3.57. The van der Waals surface area contributed by atoms with Gasteiger partial charge in [0.15, 0.2) is 13.2 Å². The van der Waals surface area contributed by atoms with Crippen molar-refractivity contribution in [2.24, 2.45) is 0 Å². The zero-order chi connectivity index (χ0) is 19.5. The maximum atomic E-state index is 12.6. The van der Waals surface area contributed by atoms with Crippen LogP contribution in [0.25, 0.3) is 0 Å². The number of ether oxygens (including phenoxy) is 3. The summed E-state index contributed by atoms with van der Waals surface area (Å²) in [4.78, 5) is 38.6. The molecule has 0 radical (unpaired) electrons. The van der Waals surface area contributed by atoms with Gasteiger partial charge in [-0.25, -0.2) is 14.4 Å². The van der Waals surface area contributed by atoms with Gasteiger partial charge in [-0.2, -0.15) is 0 Å². The highest BCUT2D eigenvalue weighted by Gasteiger charge is 2.51. The van der Waals surface area contributed by atoms with E-state index in [1.54, 1.807) is 32.9 Å². The van der Waals surface area contributed by atoms with E-state index in [2.05, 4.69) is 11.8 Å². The van der Waals surface area contributed by atoms with Gasteiger partial charge < -0.3 is 14.2 Å². The highest BCUT2D eigenvalue weighted by Crippen LogP contribution is 2.39. The van der Waals surface area contributed by atoms with Crippen LogP contribution in [0.3, 0.4) is 0 Å². The van der Waals surface area contributed by atoms with Crippen LogP contribution in [0.5, 0.6) is 0 Å². The molecule has 2 rings (SSSR count). The van der Waals surface area contributed by atoms with E-state index in [1.807, 2.05) is 0 Å². The minimum atomic E-state index is -0.798. The molecule has 2 bridgehead atoms. The largest absolute Gasteiger partial charge is 0.449 e. The van der Waals surface area contributed by atoms with Gasteiger partial charge in [-0.15, -0.1) is 12.8 Å². The third kappa shape index (κ3) is 3.73. The van der Waals surface area contributed by atoms with Crippen molar-refractivity contribution in [1.29, 1.82) is 0 Å². The Bertz CT molecular complexity index is 721. The summed E-state index contributed by atoms with van der Waals surface area (Å²) < 4.78 is 15.3. The zero-order valence-electron chi connectivity index (χ0n) is 14.8. The second-order valence-corrected chi connectivity index (χ2v) is 6.55. The molecule has 0 aliphatic carbocycles. The molecule has 2 heterocycles. The van der Waals surface area contributed by atoms with Gasteiger partial charge in [-0.1, -0.05) is 24.0 Å². The van der Waals surface area contributed by atoms with E-state index in [-0.39, 0.29) is 24.4 Å². The quantitative estimate of drug-likeness (QED) is 0.325. The predicted octanol–water partition coefficient (Wildman–Crippen LogP) is 1.19. The van der Waals surface area contributed by atoms with Crippen LogP contribution in [-0.2, 0) is 23.8 Å². The molecule has 0 N–H and O–H groups in total. The molecule has 26 heavy (non-hydrogen) atoms. The summed E-state index contributed by atoms with van der Waals surface area (Å²) in [7, 11) is 0. The molecule has 2 unspecified atom stereocenters. The first-order valence-corrected chi connectivity index (χ1v) is 7.86. The lowest BCUT2D eigenvalue weighted by Gasteiger charge is -2.28. The van der Waals surface area contributed by atoms with Crippen molar-refractivity contribution in [2.45, 2.75) is 38.5 Å². The summed E-state index contributed by atoms with van der Waals surface area (Å²) >= 11 is 0. The molecule has 2 atom stereocenters. The van der Waals surface area contributed by atoms with E-state index >= 15 is 0 Å². The summed E-state index contributed by atoms with van der Waals surface area (Å²) in [5.41, 5.74) is -0.741. The molecule has 0 saturated heterocycles. The van der Waals surface area contributed by atoms with E-state index in [1.165, 1.54) is 4.90 Å². The number of carbonyl (C=O) groups is 3. The van der Waals surface area contributed by atoms with Gasteiger partial charge in [-0.3, -0.25) is 4.90 Å². The molecule has 2 aliphatic rings. The van der Waals surface area contributed by atoms with E-state index in [0.29, 0.717) is 0 Å². The first-order chi connectivity index (χ1) is 12.2. The number of amides is 1. The SMILES string of the molecule is C#CCOC(=O)C1=C(C(=O)OCC#C)C2C=CC1N2C(=O)OC(C)(C)C. The van der Waals surface area contributed by atoms with E-state index in [0.717, 1.165) is 0 Å². The van der Waals surface area contributed by atoms with Crippen LogP contribution in [0.4, 0.5) is 4.79 Å². The van der Waals surface area contributed by atoms with Gasteiger partial charge in [0.1, 0.15) is 5.60 Å². The fourth-order valence-electron chi connectivity index (χ4n) is 2.73. The molecule has 0 spiro atoms. The smallest absolute Gasteiger partial charge is 0.411 e. The third-order valence-electron chi connectivity index (χ3n) is 3.57. The molecule has 7 heteroatoms. The van der Waals surface area contributed by atoms with Crippen molar-refractivity contribution in [1.82, 2.24) is 4.90 Å². The van der Waals surface area contributed by atoms with Crippen LogP contribution in [-0.4, -0.2) is 53.8 Å². The van der Waals surface area contributed by atoms with Crippen LogP contribution in [0.2, 0.25) is 0 Å². The van der Waals surface area contributed by atoms with Gasteiger partial charge in [0, 0.05) is 0 Å². The van der Waals surface area contributed by atoms with Crippen molar-refractivity contribution in [3.63, 3.8) is 0 Å². The standard InChI is InChI=1S/C19H19NO6/c1-6-10-24-16(21)14-12-8-9-13(15(14)17(22)25-11-7-2)20(12)18(23)26-19(3,4)5/h1-2,8-9,12-13H,10-11H2,3-5H3. The van der Waals surface area contributed by atoms with Crippen LogP contribution in [0.1, 0.15) is 20.8 Å². The number of rotatable bonds is 4. The minimum Gasteiger partial charge on any atom is -0.449 e. The van der Waals surface area contributed by atoms with E-state index < -0.39 is 35.7 Å². The second kappa shape index (κ2) is 7.37. The van der Waals surface area contributed by atoms with Crippen molar-refractivity contribution in [2.75, 3.05) is 13.2 Å². The van der Waals surface area contributed by atoms with Gasteiger partial charge in [0.2, 0.25) is 0 Å². The predicted molar refractivity (Wildman–Crippen MR) is 91.4 cm³/mol. The number of carbonyl (C=O) groups excluding carboxylic acids is 3. The first-order valence-electron chi connectivity index (χ1n) is 7.86. The lowest BCUT2D eigenvalue weighted by atomic mass is 9.97. The Morgan fingerprint density at radius 1 is 1.00 bits per heavy atom. The minimum absolute atomic E-state index is 0.000584. The first kappa shape index (κ1) is 19.1. The Balaban J connectivity index is 2.35. The van der Waals surface area contributed by atoms with Crippen LogP contribution in [0.15, 0.2) is 23.3 Å². The Labute approximate surface area is 152 Å². The van der Waals surface area contributed by atoms with Crippen molar-refractivity contribution in [3.05, 3.63) is 23.3 Å². The number of terminal acetylenes is 2. The average Bonchev–Trinajstić information content (AvgIpc) is 3.12. The topological polar surface area (TPSA) is 82.1 Å². The number of nitrogens with zero attached hydrogens (tertiary/aromatic N) is 1. The molecule has 0 fully saturated rings. The average molecular weight is 357 g/mol. The number of esters is 2. The van der Waals surface area contributed by atoms with Gasteiger partial charge in [-0.05, 0) is 20.8 Å². The number of hydrogen-bond acceptors (Lipinski definition) is 6. The van der Waals surface area contributed by atoms with Gasteiger partial charge in [0.05, 0.1) is 23.2 Å². The molecule has 0 aromatic carbocycles. The number of hydrogen-bond donors (Lipinski definition) is 0. The summed E-state index contributed by atoms with van der Waals surface area (Å²) in [6, 6.07) is -1.60.